The lowest BCUT2D eigenvalue weighted by molar-refractivity contribution is -0.164. The normalized spacial score (nSPS) is 26.8. The van der Waals surface area contributed by atoms with E-state index in [2.05, 4.69) is 22.5 Å². The second-order valence-electron chi connectivity index (χ2n) is 9.49. The van der Waals surface area contributed by atoms with Gasteiger partial charge in [-0.1, -0.05) is 6.08 Å². The van der Waals surface area contributed by atoms with Crippen LogP contribution in [0.1, 0.15) is 24.5 Å². The van der Waals surface area contributed by atoms with Crippen LogP contribution in [0.25, 0.3) is 10.9 Å². The smallest absolute Gasteiger partial charge is 0.335 e. The summed E-state index contributed by atoms with van der Waals surface area (Å²) in [6, 6.07) is 7.96. The SMILES string of the molecule is C=C[C@H]1CN2CC[C@H]1CC2[C@@H](O)c1ccnc2ccc(OC)cc12.O=C(O)[C@H](O)[C@@H](O)[C@H](O)[C@H](O)CO. The van der Waals surface area contributed by atoms with Gasteiger partial charge < -0.3 is 40.5 Å². The molecule has 5 rings (SSSR count). The second kappa shape index (κ2) is 12.7. The van der Waals surface area contributed by atoms with Gasteiger partial charge in [0, 0.05) is 24.2 Å². The molecule has 11 heteroatoms. The van der Waals surface area contributed by atoms with Crippen molar-refractivity contribution < 1.29 is 45.3 Å². The van der Waals surface area contributed by atoms with Gasteiger partial charge in [0.25, 0.3) is 0 Å². The molecule has 3 aliphatic rings. The van der Waals surface area contributed by atoms with E-state index >= 15 is 0 Å². The highest BCUT2D eigenvalue weighted by molar-refractivity contribution is 5.84. The number of aliphatic hydroxyl groups excluding tert-OH is 6. The van der Waals surface area contributed by atoms with Crippen molar-refractivity contribution in [2.24, 2.45) is 11.8 Å². The summed E-state index contributed by atoms with van der Waals surface area (Å²) in [5, 5.41) is 63.9. The van der Waals surface area contributed by atoms with Crippen molar-refractivity contribution in [3.8, 4) is 5.75 Å². The minimum absolute atomic E-state index is 0.178. The van der Waals surface area contributed by atoms with Crippen molar-refractivity contribution in [3.63, 3.8) is 0 Å². The molecule has 2 unspecified atom stereocenters. The molecule has 0 amide bonds. The molecule has 3 fully saturated rings. The van der Waals surface area contributed by atoms with Crippen molar-refractivity contribution >= 4 is 16.9 Å². The Morgan fingerprint density at radius 2 is 1.95 bits per heavy atom. The summed E-state index contributed by atoms with van der Waals surface area (Å²) in [6.45, 7) is 5.23. The van der Waals surface area contributed by atoms with Gasteiger partial charge in [0.05, 0.1) is 25.3 Å². The van der Waals surface area contributed by atoms with Crippen LogP contribution in [0.4, 0.5) is 0 Å². The van der Waals surface area contributed by atoms with Gasteiger partial charge in [0.15, 0.2) is 6.10 Å². The summed E-state index contributed by atoms with van der Waals surface area (Å²) in [4.78, 5) is 16.9. The number of ether oxygens (including phenoxy) is 1. The van der Waals surface area contributed by atoms with Crippen LogP contribution in [0.3, 0.4) is 0 Å². The first-order chi connectivity index (χ1) is 17.6. The number of piperidine rings is 3. The topological polar surface area (TPSA) is 184 Å². The molecule has 4 heterocycles. The van der Waals surface area contributed by atoms with Crippen LogP contribution in [-0.2, 0) is 4.79 Å². The molecule has 37 heavy (non-hydrogen) atoms. The molecule has 0 spiro atoms. The van der Waals surface area contributed by atoms with Crippen molar-refractivity contribution in [1.82, 2.24) is 9.88 Å². The van der Waals surface area contributed by atoms with Crippen LogP contribution < -0.4 is 4.74 Å². The van der Waals surface area contributed by atoms with Gasteiger partial charge in [-0.3, -0.25) is 9.88 Å². The van der Waals surface area contributed by atoms with Crippen LogP contribution in [0.5, 0.6) is 5.75 Å². The van der Waals surface area contributed by atoms with Crippen LogP contribution in [0, 0.1) is 11.8 Å². The molecule has 1 aromatic carbocycles. The maximum Gasteiger partial charge on any atom is 0.335 e. The summed E-state index contributed by atoms with van der Waals surface area (Å²) < 4.78 is 5.35. The van der Waals surface area contributed by atoms with Gasteiger partial charge in [0.2, 0.25) is 0 Å². The molecule has 0 aliphatic carbocycles. The standard InChI is InChI=1S/C20H24N2O2.C6H12O7/c1-3-13-12-22-9-7-14(13)10-19(22)20(23)16-6-8-21-18-5-4-15(24-2)11-17(16)18;7-1-2(8)3(9)4(10)5(11)6(12)13/h3-6,8,11,13-14,19-20,23H,1,7,9-10,12H2,2H3;2-5,7-11H,1H2,(H,12,13)/t13-,14-,19?,20-;2-,3-,4+,5-/m01/s1. The Labute approximate surface area is 214 Å². The molecular formula is C26H36N2O9. The largest absolute Gasteiger partial charge is 0.497 e. The first-order valence-electron chi connectivity index (χ1n) is 12.2. The summed E-state index contributed by atoms with van der Waals surface area (Å²) in [5.74, 6) is 0.282. The first kappa shape index (κ1) is 28.9. The Bertz CT molecular complexity index is 1070. The molecular weight excluding hydrogens is 484 g/mol. The lowest BCUT2D eigenvalue weighted by atomic mass is 9.73. The molecule has 2 aromatic rings. The Balaban J connectivity index is 0.000000251. The number of pyridine rings is 1. The molecule has 1 aromatic heterocycles. The molecule has 9 atom stereocenters. The van der Waals surface area contributed by atoms with E-state index in [1.54, 1.807) is 13.3 Å². The zero-order valence-electron chi connectivity index (χ0n) is 20.7. The molecule has 0 saturated carbocycles. The van der Waals surface area contributed by atoms with Gasteiger partial charge >= 0.3 is 5.97 Å². The third kappa shape index (κ3) is 6.44. The number of carbonyl (C=O) groups is 1. The third-order valence-corrected chi connectivity index (χ3v) is 7.33. The van der Waals surface area contributed by atoms with Crippen LogP contribution in [0.2, 0.25) is 0 Å². The van der Waals surface area contributed by atoms with E-state index in [-0.39, 0.29) is 6.04 Å². The fourth-order valence-corrected chi connectivity index (χ4v) is 5.11. The van der Waals surface area contributed by atoms with Crippen LogP contribution >= 0.6 is 0 Å². The number of benzene rings is 1. The number of hydrogen-bond acceptors (Lipinski definition) is 10. The van der Waals surface area contributed by atoms with Gasteiger partial charge in [-0.25, -0.2) is 4.79 Å². The van der Waals surface area contributed by atoms with Crippen molar-refractivity contribution in [1.29, 1.82) is 0 Å². The molecule has 2 bridgehead atoms. The molecule has 11 nitrogen and oxygen atoms in total. The minimum Gasteiger partial charge on any atom is -0.497 e. The minimum atomic E-state index is -2.20. The number of aliphatic carboxylic acids is 1. The summed E-state index contributed by atoms with van der Waals surface area (Å²) in [5.41, 5.74) is 1.85. The number of rotatable bonds is 9. The Kier molecular flexibility index (Phi) is 9.96. The van der Waals surface area contributed by atoms with E-state index < -0.39 is 43.1 Å². The number of aliphatic hydroxyl groups is 6. The zero-order valence-corrected chi connectivity index (χ0v) is 20.7. The van der Waals surface area contributed by atoms with Gasteiger partial charge in [-0.15, -0.1) is 6.58 Å². The monoisotopic (exact) mass is 520 g/mol. The average Bonchev–Trinajstić information content (AvgIpc) is 2.94. The molecule has 3 aliphatic heterocycles. The summed E-state index contributed by atoms with van der Waals surface area (Å²) in [6.07, 6.45) is -2.22. The molecule has 204 valence electrons. The highest BCUT2D eigenvalue weighted by Crippen LogP contribution is 2.42. The van der Waals surface area contributed by atoms with E-state index in [9.17, 15) is 9.90 Å². The lowest BCUT2D eigenvalue weighted by Gasteiger charge is -2.50. The van der Waals surface area contributed by atoms with Crippen LogP contribution in [0.15, 0.2) is 43.1 Å². The number of hydrogen-bond donors (Lipinski definition) is 7. The van der Waals surface area contributed by atoms with Crippen molar-refractivity contribution in [2.45, 2.75) is 49.4 Å². The van der Waals surface area contributed by atoms with Crippen LogP contribution in [-0.4, -0.2) is 109 Å². The fourth-order valence-electron chi connectivity index (χ4n) is 5.11. The molecule has 0 radical (unpaired) electrons. The highest BCUT2D eigenvalue weighted by atomic mass is 16.5. The molecule has 7 N–H and O–H groups in total. The lowest BCUT2D eigenvalue weighted by Crippen LogP contribution is -2.54. The fraction of sp³-hybridized carbons (Fsp3) is 0.538. The van der Waals surface area contributed by atoms with E-state index in [4.69, 9.17) is 35.4 Å². The Morgan fingerprint density at radius 3 is 2.51 bits per heavy atom. The number of aromatic nitrogens is 1. The summed E-state index contributed by atoms with van der Waals surface area (Å²) in [7, 11) is 1.66. The maximum absolute atomic E-state index is 11.2. The van der Waals surface area contributed by atoms with E-state index in [0.29, 0.717) is 11.8 Å². The number of nitrogens with zero attached hydrogens (tertiary/aromatic N) is 2. The van der Waals surface area contributed by atoms with Crippen molar-refractivity contribution in [3.05, 3.63) is 48.7 Å². The van der Waals surface area contributed by atoms with Gasteiger partial charge in [0.1, 0.15) is 24.1 Å². The molecule has 3 saturated heterocycles. The highest BCUT2D eigenvalue weighted by Gasteiger charge is 2.42. The zero-order chi connectivity index (χ0) is 27.3. The third-order valence-electron chi connectivity index (χ3n) is 7.33. The number of methoxy groups -OCH3 is 1. The second-order valence-corrected chi connectivity index (χ2v) is 9.49. The number of carboxylic acids is 1. The predicted octanol–water partition coefficient (Wildman–Crippen LogP) is -0.320. The predicted molar refractivity (Wildman–Crippen MR) is 134 cm³/mol. The Morgan fingerprint density at radius 1 is 1.22 bits per heavy atom. The Hall–Kier alpha value is -2.64. The van der Waals surface area contributed by atoms with Gasteiger partial charge in [-0.2, -0.15) is 0 Å². The average molecular weight is 521 g/mol. The quantitative estimate of drug-likeness (QED) is 0.215. The van der Waals surface area contributed by atoms with E-state index in [1.165, 1.54) is 6.42 Å². The van der Waals surface area contributed by atoms with Crippen molar-refractivity contribution in [2.75, 3.05) is 26.8 Å². The maximum atomic E-state index is 11.2. The number of carboxylic acid groups (broad SMARTS) is 1. The van der Waals surface area contributed by atoms with E-state index in [0.717, 1.165) is 41.7 Å². The van der Waals surface area contributed by atoms with Gasteiger partial charge in [-0.05, 0) is 61.1 Å². The van der Waals surface area contributed by atoms with E-state index in [1.807, 2.05) is 24.3 Å². The summed E-state index contributed by atoms with van der Waals surface area (Å²) >= 11 is 0. The first-order valence-corrected chi connectivity index (χ1v) is 12.2. The number of fused-ring (bicyclic) bond motifs is 4.